The minimum atomic E-state index is -1.30. The summed E-state index contributed by atoms with van der Waals surface area (Å²) in [5.74, 6) is -0.0970. The van der Waals surface area contributed by atoms with E-state index in [2.05, 4.69) is 27.0 Å². The number of halogens is 2. The number of fused-ring (bicyclic) bond motifs is 7. The van der Waals surface area contributed by atoms with Gasteiger partial charge in [0.1, 0.15) is 34.5 Å². The third-order valence-electron chi connectivity index (χ3n) is 11.2. The number of carbonyl (C=O) groups is 2. The Labute approximate surface area is 318 Å². The van der Waals surface area contributed by atoms with Crippen LogP contribution in [0, 0.1) is 11.8 Å². The summed E-state index contributed by atoms with van der Waals surface area (Å²) in [4.78, 5) is 40.5. The minimum absolute atomic E-state index is 0.0872. The highest BCUT2D eigenvalue weighted by Gasteiger charge is 2.61. The Morgan fingerprint density at radius 2 is 1.80 bits per heavy atom. The summed E-state index contributed by atoms with van der Waals surface area (Å²) in [6.45, 7) is 7.36. The molecule has 274 valence electrons. The van der Waals surface area contributed by atoms with Crippen LogP contribution in [0.2, 0.25) is 10.3 Å². The number of amides is 2. The van der Waals surface area contributed by atoms with Crippen molar-refractivity contribution >= 4 is 51.6 Å². The van der Waals surface area contributed by atoms with Gasteiger partial charge in [0.25, 0.3) is 5.89 Å². The lowest BCUT2D eigenvalue weighted by atomic mass is 9.72. The molecule has 5 N–H and O–H groups in total. The number of aliphatic hydroxyl groups is 1. The first kappa shape index (κ1) is 33.3. The maximum atomic E-state index is 14.2. The third-order valence-corrected chi connectivity index (χ3v) is 11.7. The molecular formula is C40H34Cl2N6O6. The van der Waals surface area contributed by atoms with Crippen molar-refractivity contribution in [2.24, 2.45) is 11.8 Å². The standard InChI is InChI=1S/C40H34Cl2N6O6/c1-15(2)27-37-46-29-32(54-37)40-20-9-5-8-19(18-7-6-10-22-25(18)26(33(41)43-22)31-34(42)48-38(29)53-31)28(20)47-39(40)52-24-12-11-17(13-21(24)40)14-23(35(50)45-27)44-36(51)30(49)16(3)4/h5-13,15-16,23,27,30,39,43,47,49H,14H2,1-4H3,(H,44,51)(H,45,50)/t23-,27-,30-,39-,40-/m0/s1. The average molecular weight is 766 g/mol. The number of nitrogens with zero attached hydrogens (tertiary/aromatic N) is 2. The van der Waals surface area contributed by atoms with Crippen LogP contribution in [-0.4, -0.2) is 50.2 Å². The first-order chi connectivity index (χ1) is 25.9. The highest BCUT2D eigenvalue weighted by molar-refractivity contribution is 6.37. The number of ether oxygens (including phenoxy) is 1. The van der Waals surface area contributed by atoms with Crippen LogP contribution in [0.25, 0.3) is 44.9 Å². The zero-order valence-electron chi connectivity index (χ0n) is 29.5. The molecule has 54 heavy (non-hydrogen) atoms. The molecule has 10 rings (SSSR count). The Hall–Kier alpha value is -5.30. The predicted octanol–water partition coefficient (Wildman–Crippen LogP) is 7.11. The first-order valence-corrected chi connectivity index (χ1v) is 18.7. The molecule has 0 saturated heterocycles. The van der Waals surface area contributed by atoms with Crippen molar-refractivity contribution in [3.8, 4) is 39.8 Å². The van der Waals surface area contributed by atoms with Gasteiger partial charge in [0.05, 0.1) is 5.56 Å². The highest BCUT2D eigenvalue weighted by Crippen LogP contribution is 2.62. The van der Waals surface area contributed by atoms with E-state index in [1.165, 1.54) is 0 Å². The monoisotopic (exact) mass is 764 g/mol. The quantitative estimate of drug-likeness (QED) is 0.126. The number of anilines is 1. The van der Waals surface area contributed by atoms with Crippen molar-refractivity contribution in [1.82, 2.24) is 25.6 Å². The summed E-state index contributed by atoms with van der Waals surface area (Å²) in [5, 5.41) is 21.5. The molecule has 1 spiro atoms. The van der Waals surface area contributed by atoms with Crippen molar-refractivity contribution in [2.45, 2.75) is 63.9 Å². The van der Waals surface area contributed by atoms with E-state index >= 15 is 0 Å². The van der Waals surface area contributed by atoms with E-state index in [0.29, 0.717) is 22.2 Å². The number of benzene rings is 3. The van der Waals surface area contributed by atoms with Crippen LogP contribution in [0.1, 0.15) is 62.1 Å². The van der Waals surface area contributed by atoms with Crippen LogP contribution in [0.3, 0.4) is 0 Å². The Bertz CT molecular complexity index is 2590. The van der Waals surface area contributed by atoms with E-state index in [-0.39, 0.29) is 46.6 Å². The van der Waals surface area contributed by atoms with E-state index in [9.17, 15) is 14.7 Å². The lowest BCUT2D eigenvalue weighted by molar-refractivity contribution is -0.135. The number of aromatic amines is 1. The second-order valence-corrected chi connectivity index (χ2v) is 15.8. The van der Waals surface area contributed by atoms with E-state index in [0.717, 1.165) is 44.4 Å². The van der Waals surface area contributed by atoms with Gasteiger partial charge in [0.2, 0.25) is 17.7 Å². The number of hydrogen-bond donors (Lipinski definition) is 5. The first-order valence-electron chi connectivity index (χ1n) is 17.9. The van der Waals surface area contributed by atoms with Crippen LogP contribution < -0.4 is 20.7 Å². The molecule has 0 radical (unpaired) electrons. The van der Waals surface area contributed by atoms with Crippen LogP contribution in [0.5, 0.6) is 5.75 Å². The van der Waals surface area contributed by atoms with Gasteiger partial charge in [0.15, 0.2) is 28.6 Å². The van der Waals surface area contributed by atoms with E-state index < -0.39 is 41.6 Å². The number of aromatic nitrogens is 3. The van der Waals surface area contributed by atoms with E-state index in [1.54, 1.807) is 13.8 Å². The number of rotatable bonds is 4. The summed E-state index contributed by atoms with van der Waals surface area (Å²) < 4.78 is 20.4. The molecule has 3 aromatic heterocycles. The molecule has 12 nitrogen and oxygen atoms in total. The Morgan fingerprint density at radius 3 is 2.59 bits per heavy atom. The number of H-pyrrole nitrogens is 1. The molecule has 0 unspecified atom stereocenters. The number of oxazole rings is 2. The normalized spacial score (nSPS) is 22.2. The van der Waals surface area contributed by atoms with Gasteiger partial charge in [-0.3, -0.25) is 9.59 Å². The largest absolute Gasteiger partial charge is 0.469 e. The minimum Gasteiger partial charge on any atom is -0.469 e. The zero-order chi connectivity index (χ0) is 37.4. The molecule has 14 heteroatoms. The molecule has 4 aliphatic rings. The summed E-state index contributed by atoms with van der Waals surface area (Å²) >= 11 is 13.9. The summed E-state index contributed by atoms with van der Waals surface area (Å²) in [6, 6.07) is 16.0. The van der Waals surface area contributed by atoms with Crippen molar-refractivity contribution in [1.29, 1.82) is 0 Å². The summed E-state index contributed by atoms with van der Waals surface area (Å²) in [6.07, 6.45) is -1.87. The Kier molecular flexibility index (Phi) is 7.15. The number of nitrogens with one attached hydrogen (secondary N) is 4. The van der Waals surface area contributed by atoms with Crippen LogP contribution in [-0.2, 0) is 21.4 Å². The lowest BCUT2D eigenvalue weighted by Gasteiger charge is -2.29. The second kappa shape index (κ2) is 11.6. The molecule has 6 aromatic rings. The maximum Gasteiger partial charge on any atom is 0.250 e. The van der Waals surface area contributed by atoms with Gasteiger partial charge in [-0.25, -0.2) is 4.98 Å². The summed E-state index contributed by atoms with van der Waals surface area (Å²) in [5.41, 5.74) is 5.49. The van der Waals surface area contributed by atoms with Gasteiger partial charge < -0.3 is 39.6 Å². The third kappa shape index (κ3) is 4.47. The van der Waals surface area contributed by atoms with Gasteiger partial charge in [-0.2, -0.15) is 4.98 Å². The predicted molar refractivity (Wildman–Crippen MR) is 201 cm³/mol. The lowest BCUT2D eigenvalue weighted by Crippen LogP contribution is -2.52. The fraction of sp³-hybridized carbons (Fsp3) is 0.300. The second-order valence-electron chi connectivity index (χ2n) is 15.1. The molecule has 4 aliphatic heterocycles. The Balaban J connectivity index is 1.30. The highest BCUT2D eigenvalue weighted by atomic mass is 35.5. The fourth-order valence-electron chi connectivity index (χ4n) is 8.52. The molecule has 0 fully saturated rings. The van der Waals surface area contributed by atoms with Crippen LogP contribution >= 0.6 is 23.2 Å². The number of hydrogen-bond acceptors (Lipinski definition) is 9. The summed E-state index contributed by atoms with van der Waals surface area (Å²) in [7, 11) is 0. The zero-order valence-corrected chi connectivity index (χ0v) is 31.0. The van der Waals surface area contributed by atoms with Gasteiger partial charge in [0, 0.05) is 39.7 Å². The number of carbonyl (C=O) groups excluding carboxylic acids is 2. The van der Waals surface area contributed by atoms with Gasteiger partial charge in [-0.15, -0.1) is 0 Å². The molecule has 5 atom stereocenters. The Morgan fingerprint density at radius 1 is 1.00 bits per heavy atom. The van der Waals surface area contributed by atoms with Crippen molar-refractivity contribution in [2.75, 3.05) is 5.32 Å². The average Bonchev–Trinajstić information content (AvgIpc) is 3.94. The molecule has 2 amide bonds. The van der Waals surface area contributed by atoms with Crippen molar-refractivity contribution in [3.05, 3.63) is 93.2 Å². The fourth-order valence-corrected chi connectivity index (χ4v) is 9.01. The van der Waals surface area contributed by atoms with Crippen LogP contribution in [0.15, 0.2) is 63.4 Å². The SMILES string of the molecule is CC(C)[C@H](O)C(=O)N[C@H]1Cc2ccc3c(c2)[C@]24c5cccc(c5N[C@H]2O3)-c2cccc3[nH]c(Cl)c(c23)-c2oc(nc2Cl)-c2nc(oc24)[C@H](C(C)C)NC1=O. The van der Waals surface area contributed by atoms with Crippen LogP contribution in [0.4, 0.5) is 5.69 Å². The molecule has 3 aromatic carbocycles. The molecule has 10 bridgehead atoms. The molecule has 0 aliphatic carbocycles. The van der Waals surface area contributed by atoms with Gasteiger partial charge >= 0.3 is 0 Å². The van der Waals surface area contributed by atoms with Gasteiger partial charge in [-0.05, 0) is 35.1 Å². The topological polar surface area (TPSA) is 168 Å². The van der Waals surface area contributed by atoms with E-state index in [1.807, 2.05) is 62.4 Å². The molecule has 0 saturated carbocycles. The van der Waals surface area contributed by atoms with E-state index in [4.69, 9.17) is 46.7 Å². The smallest absolute Gasteiger partial charge is 0.250 e. The number of para-hydroxylation sites is 1. The van der Waals surface area contributed by atoms with Gasteiger partial charge in [-0.1, -0.05) is 93.4 Å². The number of aliphatic hydroxyl groups excluding tert-OH is 1. The molecule has 7 heterocycles. The maximum absolute atomic E-state index is 14.2. The molecular weight excluding hydrogens is 731 g/mol. The van der Waals surface area contributed by atoms with Crippen molar-refractivity contribution in [3.63, 3.8) is 0 Å². The van der Waals surface area contributed by atoms with Crippen molar-refractivity contribution < 1.29 is 28.3 Å².